The van der Waals surface area contributed by atoms with Crippen LogP contribution in [0.4, 0.5) is 0 Å². The summed E-state index contributed by atoms with van der Waals surface area (Å²) >= 11 is 12.5. The summed E-state index contributed by atoms with van der Waals surface area (Å²) in [5.74, 6) is 0. The van der Waals surface area contributed by atoms with Crippen molar-refractivity contribution >= 4 is 23.2 Å². The van der Waals surface area contributed by atoms with E-state index in [0.29, 0.717) is 6.04 Å². The van der Waals surface area contributed by atoms with E-state index >= 15 is 0 Å². The van der Waals surface area contributed by atoms with Crippen molar-refractivity contribution in [1.29, 1.82) is 0 Å². The third-order valence-electron chi connectivity index (χ3n) is 2.90. The van der Waals surface area contributed by atoms with E-state index in [1.165, 1.54) is 5.56 Å². The first kappa shape index (κ1) is 11.3. The van der Waals surface area contributed by atoms with E-state index in [1.54, 1.807) is 0 Å². The van der Waals surface area contributed by atoms with Crippen molar-refractivity contribution in [1.82, 2.24) is 4.90 Å². The molecule has 1 nitrogen and oxygen atoms in total. The van der Waals surface area contributed by atoms with Crippen LogP contribution in [-0.2, 0) is 0 Å². The van der Waals surface area contributed by atoms with Gasteiger partial charge in [-0.25, -0.2) is 0 Å². The zero-order valence-corrected chi connectivity index (χ0v) is 10.5. The molecule has 1 unspecified atom stereocenters. The zero-order valence-electron chi connectivity index (χ0n) is 8.95. The number of halogens is 2. The highest BCUT2D eigenvalue weighted by molar-refractivity contribution is 6.49. The topological polar surface area (TPSA) is 3.24 Å². The highest BCUT2D eigenvalue weighted by Gasteiger charge is 2.51. The molecule has 1 aliphatic rings. The van der Waals surface area contributed by atoms with Crippen molar-refractivity contribution in [3.8, 4) is 0 Å². The Morgan fingerprint density at radius 2 is 1.87 bits per heavy atom. The van der Waals surface area contributed by atoms with Gasteiger partial charge in [0.2, 0.25) is 0 Å². The number of likely N-dealkylation sites (tertiary alicyclic amines) is 1. The smallest absolute Gasteiger partial charge is 0.150 e. The summed E-state index contributed by atoms with van der Waals surface area (Å²) in [6.45, 7) is 5.07. The lowest BCUT2D eigenvalue weighted by molar-refractivity contribution is 0.0434. The van der Waals surface area contributed by atoms with Crippen LogP contribution in [0.2, 0.25) is 0 Å². The van der Waals surface area contributed by atoms with E-state index in [2.05, 4.69) is 30.9 Å². The van der Waals surface area contributed by atoms with Crippen LogP contribution in [-0.4, -0.2) is 21.8 Å². The van der Waals surface area contributed by atoms with Crippen LogP contribution in [0.15, 0.2) is 30.3 Å². The van der Waals surface area contributed by atoms with E-state index in [0.717, 1.165) is 6.54 Å². The number of nitrogens with zero attached hydrogens (tertiary/aromatic N) is 1. The second kappa shape index (κ2) is 3.97. The summed E-state index contributed by atoms with van der Waals surface area (Å²) in [6, 6.07) is 10.8. The SMILES string of the molecule is CC(C)N1CC(Cl)(Cl)C1c1ccccc1. The van der Waals surface area contributed by atoms with Crippen molar-refractivity contribution in [2.75, 3.05) is 6.54 Å². The zero-order chi connectivity index (χ0) is 11.1. The average molecular weight is 244 g/mol. The van der Waals surface area contributed by atoms with Crippen molar-refractivity contribution in [2.24, 2.45) is 0 Å². The molecule has 0 saturated carbocycles. The number of rotatable bonds is 2. The summed E-state index contributed by atoms with van der Waals surface area (Å²) in [4.78, 5) is 2.31. The second-order valence-corrected chi connectivity index (χ2v) is 5.88. The number of benzene rings is 1. The highest BCUT2D eigenvalue weighted by Crippen LogP contribution is 2.50. The van der Waals surface area contributed by atoms with Crippen LogP contribution in [0.1, 0.15) is 25.5 Å². The standard InChI is InChI=1S/C12H15Cl2N/c1-9(2)15-8-12(13,14)11(15)10-6-4-3-5-7-10/h3-7,9,11H,8H2,1-2H3. The minimum atomic E-state index is -0.633. The molecule has 3 heteroatoms. The molecule has 15 heavy (non-hydrogen) atoms. The van der Waals surface area contributed by atoms with Crippen LogP contribution in [0.5, 0.6) is 0 Å². The molecule has 0 aliphatic carbocycles. The van der Waals surface area contributed by atoms with Crippen LogP contribution >= 0.6 is 23.2 Å². The monoisotopic (exact) mass is 243 g/mol. The molecule has 1 saturated heterocycles. The third kappa shape index (κ3) is 2.01. The molecule has 2 rings (SSSR count). The molecule has 1 aliphatic heterocycles. The van der Waals surface area contributed by atoms with E-state index in [1.807, 2.05) is 18.2 Å². The second-order valence-electron chi connectivity index (χ2n) is 4.34. The van der Waals surface area contributed by atoms with Gasteiger partial charge in [0.1, 0.15) is 4.33 Å². The Kier molecular flexibility index (Phi) is 2.98. The molecule has 1 aromatic rings. The lowest BCUT2D eigenvalue weighted by Gasteiger charge is -2.53. The van der Waals surface area contributed by atoms with Crippen LogP contribution in [0.25, 0.3) is 0 Å². The normalized spacial score (nSPS) is 25.3. The van der Waals surface area contributed by atoms with E-state index in [-0.39, 0.29) is 6.04 Å². The maximum atomic E-state index is 6.27. The molecule has 0 spiro atoms. The maximum Gasteiger partial charge on any atom is 0.150 e. The van der Waals surface area contributed by atoms with Gasteiger partial charge in [0.25, 0.3) is 0 Å². The molecular formula is C12H15Cl2N. The molecule has 1 atom stereocenters. The Morgan fingerprint density at radius 1 is 1.27 bits per heavy atom. The van der Waals surface area contributed by atoms with E-state index in [9.17, 15) is 0 Å². The third-order valence-corrected chi connectivity index (χ3v) is 3.56. The predicted molar refractivity (Wildman–Crippen MR) is 65.5 cm³/mol. The molecule has 1 heterocycles. The molecule has 0 aromatic heterocycles. The Bertz CT molecular complexity index is 335. The molecule has 0 radical (unpaired) electrons. The summed E-state index contributed by atoms with van der Waals surface area (Å²) in [6.07, 6.45) is 0. The lowest BCUT2D eigenvalue weighted by Crippen LogP contribution is -2.59. The Hall–Kier alpha value is -0.240. The number of hydrogen-bond donors (Lipinski definition) is 0. The van der Waals surface area contributed by atoms with Crippen molar-refractivity contribution < 1.29 is 0 Å². The quantitative estimate of drug-likeness (QED) is 0.718. The largest absolute Gasteiger partial charge is 0.288 e. The van der Waals surface area contributed by atoms with E-state index in [4.69, 9.17) is 23.2 Å². The fourth-order valence-corrected chi connectivity index (χ4v) is 2.88. The first-order chi connectivity index (χ1) is 7.02. The Morgan fingerprint density at radius 3 is 2.33 bits per heavy atom. The molecule has 0 N–H and O–H groups in total. The molecule has 0 amide bonds. The molecule has 1 aromatic carbocycles. The van der Waals surface area contributed by atoms with Gasteiger partial charge in [-0.05, 0) is 19.4 Å². The minimum Gasteiger partial charge on any atom is -0.288 e. The average Bonchev–Trinajstić information content (AvgIpc) is 2.16. The summed E-state index contributed by atoms with van der Waals surface area (Å²) < 4.78 is -0.633. The summed E-state index contributed by atoms with van der Waals surface area (Å²) in [5, 5.41) is 0. The Balaban J connectivity index is 2.26. The fraction of sp³-hybridized carbons (Fsp3) is 0.500. The molecule has 0 bridgehead atoms. The first-order valence-electron chi connectivity index (χ1n) is 5.21. The van der Waals surface area contributed by atoms with Crippen molar-refractivity contribution in [2.45, 2.75) is 30.3 Å². The van der Waals surface area contributed by atoms with Crippen molar-refractivity contribution in [3.05, 3.63) is 35.9 Å². The number of hydrogen-bond acceptors (Lipinski definition) is 1. The minimum absolute atomic E-state index is 0.127. The molecule has 82 valence electrons. The van der Waals surface area contributed by atoms with Gasteiger partial charge in [0.15, 0.2) is 0 Å². The summed E-state index contributed by atoms with van der Waals surface area (Å²) in [5.41, 5.74) is 1.20. The highest BCUT2D eigenvalue weighted by atomic mass is 35.5. The van der Waals surface area contributed by atoms with Gasteiger partial charge in [-0.3, -0.25) is 4.90 Å². The predicted octanol–water partition coefficient (Wildman–Crippen LogP) is 3.63. The van der Waals surface area contributed by atoms with Gasteiger partial charge in [-0.1, -0.05) is 53.5 Å². The van der Waals surface area contributed by atoms with Gasteiger partial charge in [0.05, 0.1) is 6.04 Å². The lowest BCUT2D eigenvalue weighted by atomic mass is 9.92. The van der Waals surface area contributed by atoms with Gasteiger partial charge >= 0.3 is 0 Å². The first-order valence-corrected chi connectivity index (χ1v) is 5.96. The van der Waals surface area contributed by atoms with Crippen LogP contribution in [0.3, 0.4) is 0 Å². The van der Waals surface area contributed by atoms with Gasteiger partial charge < -0.3 is 0 Å². The van der Waals surface area contributed by atoms with Crippen LogP contribution < -0.4 is 0 Å². The summed E-state index contributed by atoms with van der Waals surface area (Å²) in [7, 11) is 0. The maximum absolute atomic E-state index is 6.27. The fourth-order valence-electron chi connectivity index (χ4n) is 2.10. The Labute approximate surface area is 101 Å². The van der Waals surface area contributed by atoms with Crippen LogP contribution in [0, 0.1) is 0 Å². The van der Waals surface area contributed by atoms with Crippen molar-refractivity contribution in [3.63, 3.8) is 0 Å². The number of alkyl halides is 2. The van der Waals surface area contributed by atoms with E-state index < -0.39 is 4.33 Å². The van der Waals surface area contributed by atoms with Gasteiger partial charge in [-0.2, -0.15) is 0 Å². The van der Waals surface area contributed by atoms with Gasteiger partial charge in [0, 0.05) is 12.6 Å². The molecular weight excluding hydrogens is 229 g/mol. The molecule has 1 fully saturated rings. The van der Waals surface area contributed by atoms with Gasteiger partial charge in [-0.15, -0.1) is 0 Å².